The van der Waals surface area contributed by atoms with Crippen molar-refractivity contribution in [1.29, 1.82) is 0 Å². The first-order chi connectivity index (χ1) is 9.40. The van der Waals surface area contributed by atoms with Crippen LogP contribution in [0, 0.1) is 0 Å². The van der Waals surface area contributed by atoms with Gasteiger partial charge in [0.15, 0.2) is 0 Å². The Labute approximate surface area is 125 Å². The molecule has 2 unspecified atom stereocenters. The van der Waals surface area contributed by atoms with Gasteiger partial charge in [0.25, 0.3) is 0 Å². The van der Waals surface area contributed by atoms with Crippen molar-refractivity contribution in [3.8, 4) is 0 Å². The molecule has 1 aliphatic carbocycles. The minimum Gasteiger partial charge on any atom is -0.394 e. The first-order valence-corrected chi connectivity index (χ1v) is 8.17. The normalized spacial score (nSPS) is 20.4. The van der Waals surface area contributed by atoms with Crippen molar-refractivity contribution in [3.05, 3.63) is 0 Å². The maximum Gasteiger partial charge on any atom is 0.0611 e. The van der Waals surface area contributed by atoms with Crippen molar-refractivity contribution < 1.29 is 5.11 Å². The average Bonchev–Trinajstić information content (AvgIpc) is 3.17. The minimum atomic E-state index is -0.134. The molecule has 0 radical (unpaired) electrons. The molecule has 0 aromatic rings. The lowest BCUT2D eigenvalue weighted by Crippen LogP contribution is -2.52. The van der Waals surface area contributed by atoms with Crippen LogP contribution >= 0.6 is 0 Å². The highest BCUT2D eigenvalue weighted by Gasteiger charge is 2.34. The van der Waals surface area contributed by atoms with E-state index in [-0.39, 0.29) is 12.1 Å². The molecular weight excluding hydrogens is 250 g/mol. The van der Waals surface area contributed by atoms with Crippen molar-refractivity contribution in [3.63, 3.8) is 0 Å². The summed E-state index contributed by atoms with van der Waals surface area (Å²) in [6.07, 6.45) is 4.73. The predicted molar refractivity (Wildman–Crippen MR) is 86.1 cm³/mol. The third kappa shape index (κ3) is 6.53. The van der Waals surface area contributed by atoms with Gasteiger partial charge in [0, 0.05) is 30.7 Å². The molecule has 120 valence electrons. The molecule has 4 nitrogen and oxygen atoms in total. The van der Waals surface area contributed by atoms with Gasteiger partial charge in [0.05, 0.1) is 6.61 Å². The Bertz CT molecular complexity index is 268. The largest absolute Gasteiger partial charge is 0.394 e. The van der Waals surface area contributed by atoms with Gasteiger partial charge >= 0.3 is 0 Å². The first kappa shape index (κ1) is 17.9. The lowest BCUT2D eigenvalue weighted by molar-refractivity contribution is 0.108. The lowest BCUT2D eigenvalue weighted by atomic mass is 9.93. The van der Waals surface area contributed by atoms with E-state index in [9.17, 15) is 5.11 Å². The monoisotopic (exact) mass is 285 g/mol. The molecule has 1 saturated carbocycles. The maximum atomic E-state index is 9.75. The Morgan fingerprint density at radius 2 is 1.90 bits per heavy atom. The minimum absolute atomic E-state index is 0.134. The molecule has 0 saturated heterocycles. The smallest absolute Gasteiger partial charge is 0.0611 e. The fourth-order valence-electron chi connectivity index (χ4n) is 2.84. The molecule has 4 heteroatoms. The number of nitrogens with one attached hydrogen (secondary N) is 1. The Morgan fingerprint density at radius 3 is 2.35 bits per heavy atom. The zero-order valence-corrected chi connectivity index (χ0v) is 14.2. The second-order valence-corrected chi connectivity index (χ2v) is 7.03. The van der Waals surface area contributed by atoms with Crippen LogP contribution < -0.4 is 5.32 Å². The molecule has 20 heavy (non-hydrogen) atoms. The zero-order chi connectivity index (χ0) is 15.2. The molecule has 0 spiro atoms. The maximum absolute atomic E-state index is 9.75. The predicted octanol–water partition coefficient (Wildman–Crippen LogP) is 1.54. The summed E-state index contributed by atoms with van der Waals surface area (Å²) < 4.78 is 0. The highest BCUT2D eigenvalue weighted by Crippen LogP contribution is 2.25. The summed E-state index contributed by atoms with van der Waals surface area (Å²) in [5, 5.41) is 13.4. The van der Waals surface area contributed by atoms with E-state index in [2.05, 4.69) is 50.0 Å². The number of aliphatic hydroxyl groups excluding tert-OH is 1. The summed E-state index contributed by atoms with van der Waals surface area (Å²) in [4.78, 5) is 4.80. The topological polar surface area (TPSA) is 38.7 Å². The van der Waals surface area contributed by atoms with Crippen LogP contribution in [0.5, 0.6) is 0 Å². The van der Waals surface area contributed by atoms with Gasteiger partial charge in [-0.05, 0) is 60.2 Å². The van der Waals surface area contributed by atoms with Crippen LogP contribution in [0.4, 0.5) is 0 Å². The number of nitrogens with zero attached hydrogens (tertiary/aromatic N) is 2. The summed E-state index contributed by atoms with van der Waals surface area (Å²) >= 11 is 0. The quantitative estimate of drug-likeness (QED) is 0.604. The molecule has 0 bridgehead atoms. The van der Waals surface area contributed by atoms with E-state index in [1.165, 1.54) is 19.3 Å². The highest BCUT2D eigenvalue weighted by molar-refractivity contribution is 4.94. The van der Waals surface area contributed by atoms with Gasteiger partial charge in [-0.3, -0.25) is 4.90 Å². The molecular formula is C16H35N3O. The van der Waals surface area contributed by atoms with Crippen molar-refractivity contribution in [2.45, 2.75) is 64.1 Å². The molecule has 1 aliphatic rings. The summed E-state index contributed by atoms with van der Waals surface area (Å²) in [5.41, 5.74) is -0.134. The fraction of sp³-hybridized carbons (Fsp3) is 1.00. The van der Waals surface area contributed by atoms with Crippen molar-refractivity contribution in [1.82, 2.24) is 15.1 Å². The van der Waals surface area contributed by atoms with Crippen LogP contribution in [0.15, 0.2) is 0 Å². The van der Waals surface area contributed by atoms with Crippen LogP contribution in [0.3, 0.4) is 0 Å². The van der Waals surface area contributed by atoms with Crippen LogP contribution in [-0.4, -0.2) is 72.9 Å². The number of rotatable bonds is 11. The first-order valence-electron chi connectivity index (χ1n) is 8.17. The highest BCUT2D eigenvalue weighted by atomic mass is 16.3. The van der Waals surface area contributed by atoms with E-state index in [4.69, 9.17) is 0 Å². The van der Waals surface area contributed by atoms with Gasteiger partial charge in [0.2, 0.25) is 0 Å². The van der Waals surface area contributed by atoms with Gasteiger partial charge in [0.1, 0.15) is 0 Å². The van der Waals surface area contributed by atoms with Crippen molar-refractivity contribution >= 4 is 0 Å². The second kappa shape index (κ2) is 8.32. The number of hydrogen-bond acceptors (Lipinski definition) is 4. The fourth-order valence-corrected chi connectivity index (χ4v) is 2.84. The summed E-state index contributed by atoms with van der Waals surface area (Å²) in [5.74, 6) is 0. The van der Waals surface area contributed by atoms with Gasteiger partial charge in [-0.2, -0.15) is 0 Å². The van der Waals surface area contributed by atoms with E-state index < -0.39 is 0 Å². The van der Waals surface area contributed by atoms with Crippen LogP contribution in [0.2, 0.25) is 0 Å². The summed E-state index contributed by atoms with van der Waals surface area (Å²) in [6, 6.07) is 1.14. The molecule has 0 aliphatic heterocycles. The Kier molecular flexibility index (Phi) is 7.45. The SMILES string of the molecule is CCCN(CCN(C)C)C(C)CC(C)(CO)NC1CC1. The number of aliphatic hydroxyl groups is 1. The molecule has 1 rings (SSSR count). The molecule has 0 heterocycles. The van der Waals surface area contributed by atoms with E-state index in [0.29, 0.717) is 12.1 Å². The lowest BCUT2D eigenvalue weighted by Gasteiger charge is -2.37. The van der Waals surface area contributed by atoms with Crippen LogP contribution in [-0.2, 0) is 0 Å². The zero-order valence-electron chi connectivity index (χ0n) is 14.2. The van der Waals surface area contributed by atoms with Gasteiger partial charge in [-0.15, -0.1) is 0 Å². The van der Waals surface area contributed by atoms with Gasteiger partial charge in [-0.1, -0.05) is 6.92 Å². The third-order valence-electron chi connectivity index (χ3n) is 4.19. The van der Waals surface area contributed by atoms with Gasteiger partial charge in [-0.25, -0.2) is 0 Å². The Hall–Kier alpha value is -0.160. The number of likely N-dealkylation sites (N-methyl/N-ethyl adjacent to an activating group) is 1. The molecule has 1 fully saturated rings. The Morgan fingerprint density at radius 1 is 1.25 bits per heavy atom. The average molecular weight is 285 g/mol. The molecule has 2 N–H and O–H groups in total. The van der Waals surface area contributed by atoms with Crippen LogP contribution in [0.25, 0.3) is 0 Å². The molecule has 0 aromatic carbocycles. The molecule has 2 atom stereocenters. The van der Waals surface area contributed by atoms with Crippen molar-refractivity contribution in [2.75, 3.05) is 40.3 Å². The summed E-state index contributed by atoms with van der Waals surface area (Å²) in [7, 11) is 4.25. The van der Waals surface area contributed by atoms with E-state index >= 15 is 0 Å². The summed E-state index contributed by atoms with van der Waals surface area (Å²) in [6.45, 7) is 10.3. The molecule has 0 aromatic heterocycles. The van der Waals surface area contributed by atoms with Crippen molar-refractivity contribution in [2.24, 2.45) is 0 Å². The van der Waals surface area contributed by atoms with E-state index in [0.717, 1.165) is 26.1 Å². The number of hydrogen-bond donors (Lipinski definition) is 2. The van der Waals surface area contributed by atoms with E-state index in [1.54, 1.807) is 0 Å². The second-order valence-electron chi connectivity index (χ2n) is 7.03. The van der Waals surface area contributed by atoms with E-state index in [1.807, 2.05) is 0 Å². The van der Waals surface area contributed by atoms with Gasteiger partial charge < -0.3 is 15.3 Å². The van der Waals surface area contributed by atoms with Crippen LogP contribution in [0.1, 0.15) is 46.5 Å². The molecule has 0 amide bonds. The third-order valence-corrected chi connectivity index (χ3v) is 4.19. The standard InChI is InChI=1S/C16H35N3O/c1-6-9-19(11-10-18(4)5)14(2)12-16(3,13-20)17-15-7-8-15/h14-15,17,20H,6-13H2,1-5H3. The Balaban J connectivity index is 2.50.